The Morgan fingerprint density at radius 3 is 1.47 bits per heavy atom. The van der Waals surface area contributed by atoms with E-state index < -0.39 is 18.2 Å². The van der Waals surface area contributed by atoms with Crippen molar-refractivity contribution in [2.75, 3.05) is 6.61 Å². The van der Waals surface area contributed by atoms with Crippen molar-refractivity contribution < 1.29 is 24.5 Å². The van der Waals surface area contributed by atoms with E-state index in [1.165, 1.54) is 122 Å². The molecular formula is C53H95NO5. The first-order valence-corrected chi connectivity index (χ1v) is 25.1. The Labute approximate surface area is 365 Å². The Morgan fingerprint density at radius 2 is 0.932 bits per heavy atom. The Hall–Kier alpha value is -2.44. The number of ether oxygens (including phenoxy) is 1. The van der Waals surface area contributed by atoms with Crippen molar-refractivity contribution in [3.8, 4) is 0 Å². The van der Waals surface area contributed by atoms with E-state index >= 15 is 0 Å². The van der Waals surface area contributed by atoms with E-state index in [1.54, 1.807) is 0 Å². The Kier molecular flexibility index (Phi) is 44.7. The van der Waals surface area contributed by atoms with Crippen molar-refractivity contribution >= 4 is 11.9 Å². The van der Waals surface area contributed by atoms with Gasteiger partial charge < -0.3 is 20.3 Å². The molecule has 0 aliphatic carbocycles. The molecule has 6 nitrogen and oxygen atoms in total. The van der Waals surface area contributed by atoms with Gasteiger partial charge in [-0.3, -0.25) is 9.59 Å². The summed E-state index contributed by atoms with van der Waals surface area (Å²) in [5, 5.41) is 23.7. The molecule has 0 aromatic carbocycles. The second kappa shape index (κ2) is 46.6. The van der Waals surface area contributed by atoms with Crippen molar-refractivity contribution in [2.24, 2.45) is 0 Å². The Morgan fingerprint density at radius 1 is 0.508 bits per heavy atom. The predicted molar refractivity (Wildman–Crippen MR) is 255 cm³/mol. The molecule has 0 spiro atoms. The topological polar surface area (TPSA) is 95.9 Å². The number of allylic oxidation sites excluding steroid dienone is 10. The third-order valence-corrected chi connectivity index (χ3v) is 11.2. The average Bonchev–Trinajstić information content (AvgIpc) is 3.23. The van der Waals surface area contributed by atoms with Crippen molar-refractivity contribution in [2.45, 2.75) is 257 Å². The Bertz CT molecular complexity index is 1060. The molecule has 0 rings (SSSR count). The fourth-order valence-electron chi connectivity index (χ4n) is 7.38. The summed E-state index contributed by atoms with van der Waals surface area (Å²) in [5.41, 5.74) is 0. The lowest BCUT2D eigenvalue weighted by Crippen LogP contribution is -2.46. The van der Waals surface area contributed by atoms with Crippen LogP contribution >= 0.6 is 0 Å². The van der Waals surface area contributed by atoms with Gasteiger partial charge in [0.1, 0.15) is 6.10 Å². The number of aliphatic hydroxyl groups is 2. The lowest BCUT2D eigenvalue weighted by Gasteiger charge is -2.24. The maximum absolute atomic E-state index is 13.2. The predicted octanol–water partition coefficient (Wildman–Crippen LogP) is 14.8. The van der Waals surface area contributed by atoms with E-state index in [1.807, 2.05) is 24.3 Å². The SMILES string of the molecule is CC/C=C/C=C/C=C/C=C\CCCCCC(CC(=O)NC(CO)C(O)CCCCCCCCCCCCCC)OC(=O)CCCCCCCCC/C=C\CCCCCC. The van der Waals surface area contributed by atoms with Crippen LogP contribution in [0.2, 0.25) is 0 Å². The van der Waals surface area contributed by atoms with Crippen LogP contribution in [0.4, 0.5) is 0 Å². The maximum Gasteiger partial charge on any atom is 0.306 e. The lowest BCUT2D eigenvalue weighted by molar-refractivity contribution is -0.151. The van der Waals surface area contributed by atoms with Crippen LogP contribution in [0.1, 0.15) is 239 Å². The Balaban J connectivity index is 4.64. The van der Waals surface area contributed by atoms with Crippen molar-refractivity contribution in [3.05, 3.63) is 60.8 Å². The van der Waals surface area contributed by atoms with Gasteiger partial charge in [0.05, 0.1) is 25.2 Å². The minimum absolute atomic E-state index is 0.0489. The third kappa shape index (κ3) is 42.1. The standard InChI is InChI=1S/C53H95NO5/c1-4-7-10-13-16-19-22-25-26-28-31-34-37-40-43-46-53(58)59-49(44-41-38-35-32-29-27-23-20-17-14-11-8-5-2)47-52(57)54-50(48-55)51(56)45-42-39-36-33-30-24-21-18-15-12-9-6-3/h8,11,14,17,19-20,22-23,27,29,49-51,55-56H,4-7,9-10,12-13,15-16,18,21,24-26,28,30-48H2,1-3H3,(H,54,57)/b11-8+,17-14+,22-19-,23-20+,29-27-. The monoisotopic (exact) mass is 826 g/mol. The van der Waals surface area contributed by atoms with Gasteiger partial charge in [-0.1, -0.05) is 216 Å². The largest absolute Gasteiger partial charge is 0.462 e. The highest BCUT2D eigenvalue weighted by atomic mass is 16.5. The molecule has 0 aromatic heterocycles. The van der Waals surface area contributed by atoms with Crippen LogP contribution in [0.5, 0.6) is 0 Å². The molecule has 6 heteroatoms. The fourth-order valence-corrected chi connectivity index (χ4v) is 7.38. The number of rotatable bonds is 44. The number of aliphatic hydroxyl groups excluding tert-OH is 2. The highest BCUT2D eigenvalue weighted by molar-refractivity contribution is 5.77. The van der Waals surface area contributed by atoms with Gasteiger partial charge >= 0.3 is 5.97 Å². The van der Waals surface area contributed by atoms with Crippen molar-refractivity contribution in [1.29, 1.82) is 0 Å². The van der Waals surface area contributed by atoms with Gasteiger partial charge in [-0.05, 0) is 70.6 Å². The summed E-state index contributed by atoms with van der Waals surface area (Å²) in [6, 6.07) is -0.715. The van der Waals surface area contributed by atoms with Crippen molar-refractivity contribution in [1.82, 2.24) is 5.32 Å². The van der Waals surface area contributed by atoms with Crippen LogP contribution < -0.4 is 5.32 Å². The van der Waals surface area contributed by atoms with Gasteiger partial charge in [-0.2, -0.15) is 0 Å². The minimum Gasteiger partial charge on any atom is -0.462 e. The molecule has 0 saturated carbocycles. The van der Waals surface area contributed by atoms with Crippen LogP contribution in [0.15, 0.2) is 60.8 Å². The summed E-state index contributed by atoms with van der Waals surface area (Å²) < 4.78 is 5.91. The molecule has 3 unspecified atom stereocenters. The zero-order chi connectivity index (χ0) is 43.1. The average molecular weight is 826 g/mol. The summed E-state index contributed by atoms with van der Waals surface area (Å²) >= 11 is 0. The summed E-state index contributed by atoms with van der Waals surface area (Å²) in [6.45, 7) is 6.31. The molecule has 0 radical (unpaired) electrons. The molecule has 3 atom stereocenters. The highest BCUT2D eigenvalue weighted by Gasteiger charge is 2.24. The normalized spacial score (nSPS) is 13.8. The number of nitrogens with one attached hydrogen (secondary N) is 1. The fraction of sp³-hybridized carbons (Fsp3) is 0.774. The van der Waals surface area contributed by atoms with Gasteiger partial charge in [0, 0.05) is 6.42 Å². The first-order chi connectivity index (χ1) is 29.0. The third-order valence-electron chi connectivity index (χ3n) is 11.2. The van der Waals surface area contributed by atoms with E-state index in [2.05, 4.69) is 62.5 Å². The number of hydrogen-bond acceptors (Lipinski definition) is 5. The molecule has 3 N–H and O–H groups in total. The summed E-state index contributed by atoms with van der Waals surface area (Å²) in [6.07, 6.45) is 57.0. The van der Waals surface area contributed by atoms with Crippen LogP contribution in [-0.2, 0) is 14.3 Å². The second-order valence-corrected chi connectivity index (χ2v) is 16.9. The summed E-state index contributed by atoms with van der Waals surface area (Å²) in [5.74, 6) is -0.518. The quantitative estimate of drug-likeness (QED) is 0.0246. The van der Waals surface area contributed by atoms with Crippen molar-refractivity contribution in [3.63, 3.8) is 0 Å². The molecule has 0 heterocycles. The molecule has 1 amide bonds. The highest BCUT2D eigenvalue weighted by Crippen LogP contribution is 2.17. The number of amides is 1. The summed E-state index contributed by atoms with van der Waals surface area (Å²) in [7, 11) is 0. The van der Waals surface area contributed by atoms with E-state index in [9.17, 15) is 19.8 Å². The van der Waals surface area contributed by atoms with Crippen LogP contribution in [0.25, 0.3) is 0 Å². The van der Waals surface area contributed by atoms with Gasteiger partial charge in [0.15, 0.2) is 0 Å². The first kappa shape index (κ1) is 56.6. The van der Waals surface area contributed by atoms with Gasteiger partial charge in [0.25, 0.3) is 0 Å². The number of carbonyl (C=O) groups excluding carboxylic acids is 2. The van der Waals surface area contributed by atoms with Crippen LogP contribution in [0, 0.1) is 0 Å². The van der Waals surface area contributed by atoms with E-state index in [-0.39, 0.29) is 24.9 Å². The maximum atomic E-state index is 13.2. The number of esters is 1. The summed E-state index contributed by atoms with van der Waals surface area (Å²) in [4.78, 5) is 26.1. The second-order valence-electron chi connectivity index (χ2n) is 16.9. The zero-order valence-corrected chi connectivity index (χ0v) is 38.9. The van der Waals surface area contributed by atoms with Gasteiger partial charge in [0.2, 0.25) is 5.91 Å². The van der Waals surface area contributed by atoms with E-state index in [4.69, 9.17) is 4.74 Å². The molecule has 0 aromatic rings. The minimum atomic E-state index is -0.799. The molecule has 0 aliphatic rings. The van der Waals surface area contributed by atoms with E-state index in [0.29, 0.717) is 19.3 Å². The lowest BCUT2D eigenvalue weighted by atomic mass is 10.0. The molecule has 59 heavy (non-hydrogen) atoms. The number of carbonyl (C=O) groups is 2. The molecular weight excluding hydrogens is 731 g/mol. The number of unbranched alkanes of at least 4 members (excludes halogenated alkanes) is 25. The van der Waals surface area contributed by atoms with Crippen LogP contribution in [0.3, 0.4) is 0 Å². The van der Waals surface area contributed by atoms with Crippen LogP contribution in [-0.4, -0.2) is 46.9 Å². The molecule has 0 saturated heterocycles. The molecule has 342 valence electrons. The smallest absolute Gasteiger partial charge is 0.306 e. The number of hydrogen-bond donors (Lipinski definition) is 3. The molecule has 0 aliphatic heterocycles. The molecule has 0 bridgehead atoms. The molecule has 0 fully saturated rings. The zero-order valence-electron chi connectivity index (χ0n) is 38.9. The first-order valence-electron chi connectivity index (χ1n) is 25.1. The van der Waals surface area contributed by atoms with Gasteiger partial charge in [-0.15, -0.1) is 0 Å². The van der Waals surface area contributed by atoms with Gasteiger partial charge in [-0.25, -0.2) is 0 Å². The van der Waals surface area contributed by atoms with E-state index in [0.717, 1.165) is 70.6 Å².